The zero-order valence-electron chi connectivity index (χ0n) is 8.48. The van der Waals surface area contributed by atoms with Crippen LogP contribution in [-0.2, 0) is 0 Å². The second kappa shape index (κ2) is 12.6. The minimum absolute atomic E-state index is 0.393. The van der Waals surface area contributed by atoms with Crippen molar-refractivity contribution in [1.82, 2.24) is 5.32 Å². The van der Waals surface area contributed by atoms with Crippen LogP contribution in [0.15, 0.2) is 0 Å². The van der Waals surface area contributed by atoms with Gasteiger partial charge in [-0.05, 0) is 25.9 Å². The molecule has 0 rings (SSSR count). The first kappa shape index (κ1) is 13.5. The summed E-state index contributed by atoms with van der Waals surface area (Å²) in [6.45, 7) is 10.3. The van der Waals surface area contributed by atoms with Crippen LogP contribution in [0.3, 0.4) is 0 Å². The molecule has 3 N–H and O–H groups in total. The summed E-state index contributed by atoms with van der Waals surface area (Å²) in [6, 6.07) is 0.393. The molecule has 0 aliphatic carbocycles. The number of hydrogen-bond acceptors (Lipinski definition) is 2. The highest BCUT2D eigenvalue weighted by atomic mass is 14.8. The lowest BCUT2D eigenvalue weighted by atomic mass is 10.2. The van der Waals surface area contributed by atoms with Crippen molar-refractivity contribution in [3.05, 3.63) is 0 Å². The van der Waals surface area contributed by atoms with E-state index in [2.05, 4.69) is 19.2 Å². The van der Waals surface area contributed by atoms with Crippen molar-refractivity contribution in [2.75, 3.05) is 13.1 Å². The highest BCUT2D eigenvalue weighted by molar-refractivity contribution is 4.58. The maximum Gasteiger partial charge on any atom is 0.00482 e. The number of rotatable bonds is 5. The van der Waals surface area contributed by atoms with E-state index in [1.807, 2.05) is 13.8 Å². The molecule has 0 bridgehead atoms. The lowest BCUT2D eigenvalue weighted by Crippen LogP contribution is -2.25. The van der Waals surface area contributed by atoms with Crippen molar-refractivity contribution >= 4 is 0 Å². The van der Waals surface area contributed by atoms with E-state index in [-0.39, 0.29) is 0 Å². The molecule has 2 heteroatoms. The molecule has 1 unspecified atom stereocenters. The van der Waals surface area contributed by atoms with Crippen LogP contribution in [0.5, 0.6) is 0 Å². The van der Waals surface area contributed by atoms with E-state index in [1.165, 1.54) is 0 Å². The van der Waals surface area contributed by atoms with Crippen molar-refractivity contribution in [3.8, 4) is 0 Å². The fourth-order valence-electron chi connectivity index (χ4n) is 0.668. The number of nitrogens with one attached hydrogen (secondary N) is 1. The molecule has 2 nitrogen and oxygen atoms in total. The third-order valence-corrected chi connectivity index (χ3v) is 1.47. The Morgan fingerprint density at radius 1 is 1.27 bits per heavy atom. The molecule has 0 saturated heterocycles. The molecule has 0 fully saturated rings. The standard InChI is InChI=1S/C7H18N2.C2H6/c1-3-7(8)5-6-9-4-2;1-2/h7,9H,3-6,8H2,1-2H3;1-2H3. The van der Waals surface area contributed by atoms with Gasteiger partial charge in [-0.3, -0.25) is 0 Å². The van der Waals surface area contributed by atoms with Gasteiger partial charge in [-0.15, -0.1) is 0 Å². The van der Waals surface area contributed by atoms with Crippen LogP contribution in [0.4, 0.5) is 0 Å². The lowest BCUT2D eigenvalue weighted by Gasteiger charge is -2.07. The molecule has 1 atom stereocenters. The molecule has 70 valence electrons. The molecule has 0 radical (unpaired) electrons. The third kappa shape index (κ3) is 13.0. The first-order valence-corrected chi connectivity index (χ1v) is 4.77. The summed E-state index contributed by atoms with van der Waals surface area (Å²) in [7, 11) is 0. The second-order valence-electron chi connectivity index (χ2n) is 2.31. The van der Waals surface area contributed by atoms with Gasteiger partial charge in [0.1, 0.15) is 0 Å². The van der Waals surface area contributed by atoms with E-state index in [9.17, 15) is 0 Å². The molecule has 0 aromatic heterocycles. The Balaban J connectivity index is 0. The van der Waals surface area contributed by atoms with Crippen molar-refractivity contribution in [2.45, 2.75) is 46.6 Å². The minimum Gasteiger partial charge on any atom is -0.328 e. The van der Waals surface area contributed by atoms with E-state index < -0.39 is 0 Å². The third-order valence-electron chi connectivity index (χ3n) is 1.47. The lowest BCUT2D eigenvalue weighted by molar-refractivity contribution is 0.558. The van der Waals surface area contributed by atoms with Crippen LogP contribution in [0.2, 0.25) is 0 Å². The van der Waals surface area contributed by atoms with Crippen LogP contribution >= 0.6 is 0 Å². The van der Waals surface area contributed by atoms with Crippen LogP contribution < -0.4 is 11.1 Å². The van der Waals surface area contributed by atoms with E-state index >= 15 is 0 Å². The first-order chi connectivity index (χ1) is 5.31. The van der Waals surface area contributed by atoms with Crippen LogP contribution in [0, 0.1) is 0 Å². The second-order valence-corrected chi connectivity index (χ2v) is 2.31. The smallest absolute Gasteiger partial charge is 0.00482 e. The van der Waals surface area contributed by atoms with Crippen LogP contribution in [0.1, 0.15) is 40.5 Å². The summed E-state index contributed by atoms with van der Waals surface area (Å²) in [5.41, 5.74) is 5.67. The quantitative estimate of drug-likeness (QED) is 0.601. The zero-order valence-corrected chi connectivity index (χ0v) is 8.48. The summed E-state index contributed by atoms with van der Waals surface area (Å²) in [4.78, 5) is 0. The Morgan fingerprint density at radius 3 is 2.18 bits per heavy atom. The summed E-state index contributed by atoms with van der Waals surface area (Å²) < 4.78 is 0. The summed E-state index contributed by atoms with van der Waals surface area (Å²) in [6.07, 6.45) is 2.19. The molecule has 0 aromatic rings. The number of nitrogens with two attached hydrogens (primary N) is 1. The van der Waals surface area contributed by atoms with Gasteiger partial charge in [-0.25, -0.2) is 0 Å². The van der Waals surface area contributed by atoms with Gasteiger partial charge >= 0.3 is 0 Å². The predicted octanol–water partition coefficient (Wildman–Crippen LogP) is 1.75. The van der Waals surface area contributed by atoms with Gasteiger partial charge in [0.15, 0.2) is 0 Å². The molecule has 0 heterocycles. The summed E-state index contributed by atoms with van der Waals surface area (Å²) in [5, 5.41) is 3.23. The Hall–Kier alpha value is -0.0800. The molecule has 11 heavy (non-hydrogen) atoms. The fourth-order valence-corrected chi connectivity index (χ4v) is 0.668. The largest absolute Gasteiger partial charge is 0.328 e. The first-order valence-electron chi connectivity index (χ1n) is 4.77. The van der Waals surface area contributed by atoms with Gasteiger partial charge < -0.3 is 11.1 Å². The molecule has 0 amide bonds. The zero-order chi connectivity index (χ0) is 9.11. The molecule has 0 aliphatic rings. The monoisotopic (exact) mass is 160 g/mol. The van der Waals surface area contributed by atoms with Crippen molar-refractivity contribution < 1.29 is 0 Å². The number of hydrogen-bond donors (Lipinski definition) is 2. The van der Waals surface area contributed by atoms with E-state index in [1.54, 1.807) is 0 Å². The molecule has 0 saturated carbocycles. The van der Waals surface area contributed by atoms with Gasteiger partial charge in [-0.1, -0.05) is 27.7 Å². The minimum atomic E-state index is 0.393. The average Bonchev–Trinajstić information content (AvgIpc) is 2.08. The Labute approximate surface area is 71.6 Å². The predicted molar refractivity (Wildman–Crippen MR) is 52.8 cm³/mol. The van der Waals surface area contributed by atoms with Crippen molar-refractivity contribution in [1.29, 1.82) is 0 Å². The summed E-state index contributed by atoms with van der Waals surface area (Å²) in [5.74, 6) is 0. The van der Waals surface area contributed by atoms with Gasteiger partial charge in [0.2, 0.25) is 0 Å². The van der Waals surface area contributed by atoms with E-state index in [0.29, 0.717) is 6.04 Å². The maximum atomic E-state index is 5.67. The molecule has 0 aliphatic heterocycles. The Kier molecular flexibility index (Phi) is 15.4. The van der Waals surface area contributed by atoms with Crippen LogP contribution in [-0.4, -0.2) is 19.1 Å². The highest BCUT2D eigenvalue weighted by Crippen LogP contribution is 1.89. The molecule has 0 aromatic carbocycles. The van der Waals surface area contributed by atoms with Crippen molar-refractivity contribution in [3.63, 3.8) is 0 Å². The topological polar surface area (TPSA) is 38.0 Å². The maximum absolute atomic E-state index is 5.67. The van der Waals surface area contributed by atoms with Gasteiger partial charge in [0, 0.05) is 6.04 Å². The molecular formula is C9H24N2. The van der Waals surface area contributed by atoms with Crippen LogP contribution in [0.25, 0.3) is 0 Å². The SMILES string of the molecule is CC.CCNCCC(N)CC. The van der Waals surface area contributed by atoms with Crippen molar-refractivity contribution in [2.24, 2.45) is 5.73 Å². The Morgan fingerprint density at radius 2 is 1.82 bits per heavy atom. The van der Waals surface area contributed by atoms with Gasteiger partial charge in [0.05, 0.1) is 0 Å². The fraction of sp³-hybridized carbons (Fsp3) is 1.00. The highest BCUT2D eigenvalue weighted by Gasteiger charge is 1.95. The molecular weight excluding hydrogens is 136 g/mol. The van der Waals surface area contributed by atoms with Gasteiger partial charge in [-0.2, -0.15) is 0 Å². The molecule has 0 spiro atoms. The average molecular weight is 160 g/mol. The summed E-state index contributed by atoms with van der Waals surface area (Å²) >= 11 is 0. The van der Waals surface area contributed by atoms with E-state index in [4.69, 9.17) is 5.73 Å². The normalized spacial score (nSPS) is 11.7. The van der Waals surface area contributed by atoms with Gasteiger partial charge in [0.25, 0.3) is 0 Å². The Bertz CT molecular complexity index is 55.5. The van der Waals surface area contributed by atoms with E-state index in [0.717, 1.165) is 25.9 Å².